The molecule has 0 bridgehead atoms. The number of pyridine rings is 1. The van der Waals surface area contributed by atoms with Crippen molar-refractivity contribution in [3.8, 4) is 5.75 Å². The molecule has 2 aromatic carbocycles. The van der Waals surface area contributed by atoms with Crippen molar-refractivity contribution in [2.24, 2.45) is 0 Å². The molecule has 29 heavy (non-hydrogen) atoms. The van der Waals surface area contributed by atoms with E-state index in [0.717, 1.165) is 11.6 Å². The molecule has 1 N–H and O–H groups in total. The van der Waals surface area contributed by atoms with E-state index >= 15 is 0 Å². The van der Waals surface area contributed by atoms with Crippen LogP contribution in [0.25, 0.3) is 0 Å². The highest BCUT2D eigenvalue weighted by atomic mass is 32.2. The molecular weight excluding hydrogens is 398 g/mol. The number of amides is 1. The van der Waals surface area contributed by atoms with Crippen LogP contribution in [0.15, 0.2) is 71.8 Å². The number of anilines is 1. The molecule has 3 aromatic rings. The number of nitrogens with one attached hydrogen (secondary N) is 1. The minimum absolute atomic E-state index is 0.0401. The maximum atomic E-state index is 12.3. The van der Waals surface area contributed by atoms with Gasteiger partial charge < -0.3 is 9.50 Å². The topological polar surface area (TPSA) is 128 Å². The van der Waals surface area contributed by atoms with Gasteiger partial charge in [0.15, 0.2) is 0 Å². The molecule has 0 aliphatic carbocycles. The minimum atomic E-state index is -4.27. The normalized spacial score (nSPS) is 10.9. The molecule has 9 nitrogen and oxygen atoms in total. The van der Waals surface area contributed by atoms with E-state index in [1.807, 2.05) is 6.92 Å². The number of carbonyl (C=O) groups excluding carboxylic acids is 1. The van der Waals surface area contributed by atoms with Gasteiger partial charge >= 0.3 is 10.1 Å². The van der Waals surface area contributed by atoms with Gasteiger partial charge in [0.1, 0.15) is 16.5 Å². The maximum absolute atomic E-state index is 12.3. The second kappa shape index (κ2) is 8.07. The minimum Gasteiger partial charge on any atom is -0.379 e. The molecule has 3 rings (SSSR count). The Morgan fingerprint density at radius 3 is 2.48 bits per heavy atom. The number of hydrogen-bond acceptors (Lipinski definition) is 7. The van der Waals surface area contributed by atoms with Crippen molar-refractivity contribution in [2.75, 3.05) is 5.32 Å². The van der Waals surface area contributed by atoms with Crippen molar-refractivity contribution >= 4 is 27.5 Å². The van der Waals surface area contributed by atoms with Gasteiger partial charge in [-0.2, -0.15) is 8.42 Å². The molecule has 0 spiro atoms. The standard InChI is InChI=1S/C19H15N3O6S/c1-13-9-10-20-18(11-13)21-19(23)14-5-7-16(8-6-14)28-29(26,27)17-4-2-3-15(12-17)22(24)25/h2-12H,1H3,(H,20,21,23). The predicted octanol–water partition coefficient (Wildman–Crippen LogP) is 3.32. The second-order valence-corrected chi connectivity index (χ2v) is 7.54. The fourth-order valence-corrected chi connectivity index (χ4v) is 3.35. The fourth-order valence-electron chi connectivity index (χ4n) is 2.38. The van der Waals surface area contributed by atoms with Crippen molar-refractivity contribution in [2.45, 2.75) is 11.8 Å². The van der Waals surface area contributed by atoms with Gasteiger partial charge in [-0.1, -0.05) is 6.07 Å². The number of nitro benzene ring substituents is 1. The van der Waals surface area contributed by atoms with E-state index < -0.39 is 20.9 Å². The zero-order valence-electron chi connectivity index (χ0n) is 15.1. The summed E-state index contributed by atoms with van der Waals surface area (Å²) in [5, 5.41) is 13.5. The van der Waals surface area contributed by atoms with E-state index in [2.05, 4.69) is 10.3 Å². The van der Waals surface area contributed by atoms with E-state index in [-0.39, 0.29) is 21.9 Å². The van der Waals surface area contributed by atoms with E-state index in [0.29, 0.717) is 5.82 Å². The van der Waals surface area contributed by atoms with Crippen LogP contribution < -0.4 is 9.50 Å². The number of carbonyl (C=O) groups is 1. The largest absolute Gasteiger partial charge is 0.379 e. The van der Waals surface area contributed by atoms with Gasteiger partial charge in [0, 0.05) is 23.9 Å². The SMILES string of the molecule is Cc1ccnc(NC(=O)c2ccc(OS(=O)(=O)c3cccc([N+](=O)[O-])c3)cc2)c1. The number of benzene rings is 2. The van der Waals surface area contributed by atoms with Crippen LogP contribution in [0, 0.1) is 17.0 Å². The number of rotatable bonds is 6. The summed E-state index contributed by atoms with van der Waals surface area (Å²) in [6.07, 6.45) is 1.57. The van der Waals surface area contributed by atoms with Crippen molar-refractivity contribution in [3.63, 3.8) is 0 Å². The van der Waals surface area contributed by atoms with Crippen molar-refractivity contribution in [1.29, 1.82) is 0 Å². The average molecular weight is 413 g/mol. The van der Waals surface area contributed by atoms with Crippen molar-refractivity contribution in [3.05, 3.63) is 88.1 Å². The van der Waals surface area contributed by atoms with E-state index in [1.54, 1.807) is 18.3 Å². The first-order valence-electron chi connectivity index (χ1n) is 8.28. The summed E-state index contributed by atoms with van der Waals surface area (Å²) in [6, 6.07) is 13.4. The molecule has 0 atom stereocenters. The lowest BCUT2D eigenvalue weighted by atomic mass is 10.2. The molecule has 10 heteroatoms. The third-order valence-electron chi connectivity index (χ3n) is 3.80. The van der Waals surface area contributed by atoms with Crippen LogP contribution in [0.2, 0.25) is 0 Å². The Labute approximate surface area is 166 Å². The van der Waals surface area contributed by atoms with Gasteiger partial charge in [-0.05, 0) is 55.0 Å². The number of non-ortho nitro benzene ring substituents is 1. The van der Waals surface area contributed by atoms with E-state index in [4.69, 9.17) is 4.18 Å². The van der Waals surface area contributed by atoms with Crippen LogP contribution in [0.4, 0.5) is 11.5 Å². The molecule has 0 saturated carbocycles. The first-order chi connectivity index (χ1) is 13.7. The first-order valence-corrected chi connectivity index (χ1v) is 9.68. The van der Waals surface area contributed by atoms with Gasteiger partial charge in [0.2, 0.25) is 0 Å². The number of hydrogen-bond donors (Lipinski definition) is 1. The van der Waals surface area contributed by atoms with Gasteiger partial charge in [-0.15, -0.1) is 0 Å². The highest BCUT2D eigenvalue weighted by Gasteiger charge is 2.20. The van der Waals surface area contributed by atoms with Gasteiger partial charge in [-0.25, -0.2) is 4.98 Å². The summed E-state index contributed by atoms with van der Waals surface area (Å²) in [4.78, 5) is 26.1. The van der Waals surface area contributed by atoms with Crippen molar-refractivity contribution in [1.82, 2.24) is 4.98 Å². The molecule has 1 aromatic heterocycles. The predicted molar refractivity (Wildman–Crippen MR) is 104 cm³/mol. The summed E-state index contributed by atoms with van der Waals surface area (Å²) in [7, 11) is -4.27. The van der Waals surface area contributed by atoms with Gasteiger partial charge in [-0.3, -0.25) is 14.9 Å². The summed E-state index contributed by atoms with van der Waals surface area (Å²) in [5.41, 5.74) is 0.838. The Morgan fingerprint density at radius 1 is 1.10 bits per heavy atom. The molecular formula is C19H15N3O6S. The lowest BCUT2D eigenvalue weighted by Gasteiger charge is -2.08. The van der Waals surface area contributed by atoms with Crippen LogP contribution in [-0.2, 0) is 10.1 Å². The quantitative estimate of drug-likeness (QED) is 0.373. The number of aryl methyl sites for hydroxylation is 1. The summed E-state index contributed by atoms with van der Waals surface area (Å²) in [6.45, 7) is 1.87. The van der Waals surface area contributed by atoms with Crippen LogP contribution in [-0.4, -0.2) is 24.2 Å². The average Bonchev–Trinajstić information content (AvgIpc) is 2.68. The third-order valence-corrected chi connectivity index (χ3v) is 5.04. The van der Waals surface area contributed by atoms with Crippen LogP contribution in [0.1, 0.15) is 15.9 Å². The highest BCUT2D eigenvalue weighted by Crippen LogP contribution is 2.22. The summed E-state index contributed by atoms with van der Waals surface area (Å²) >= 11 is 0. The lowest BCUT2D eigenvalue weighted by molar-refractivity contribution is -0.385. The number of nitro groups is 1. The Hall–Kier alpha value is -3.79. The maximum Gasteiger partial charge on any atom is 0.339 e. The molecule has 1 heterocycles. The molecule has 0 aliphatic rings. The molecule has 148 valence electrons. The smallest absolute Gasteiger partial charge is 0.339 e. The number of aromatic nitrogens is 1. The first kappa shape index (κ1) is 20.0. The molecule has 0 radical (unpaired) electrons. The number of nitrogens with zero attached hydrogens (tertiary/aromatic N) is 2. The van der Waals surface area contributed by atoms with Crippen LogP contribution >= 0.6 is 0 Å². The third kappa shape index (κ3) is 4.93. The molecule has 0 saturated heterocycles. The Kier molecular flexibility index (Phi) is 5.55. The zero-order valence-corrected chi connectivity index (χ0v) is 15.9. The molecule has 0 unspecified atom stereocenters. The van der Waals surface area contributed by atoms with Gasteiger partial charge in [0.05, 0.1) is 4.92 Å². The fraction of sp³-hybridized carbons (Fsp3) is 0.0526. The Balaban J connectivity index is 1.73. The van der Waals surface area contributed by atoms with Crippen LogP contribution in [0.3, 0.4) is 0 Å². The zero-order chi connectivity index (χ0) is 21.0. The summed E-state index contributed by atoms with van der Waals surface area (Å²) in [5.74, 6) is -0.0681. The second-order valence-electron chi connectivity index (χ2n) is 5.99. The van der Waals surface area contributed by atoms with E-state index in [9.17, 15) is 23.3 Å². The summed E-state index contributed by atoms with van der Waals surface area (Å²) < 4.78 is 29.7. The van der Waals surface area contributed by atoms with E-state index in [1.165, 1.54) is 42.5 Å². The molecule has 0 fully saturated rings. The molecule has 0 aliphatic heterocycles. The highest BCUT2D eigenvalue weighted by molar-refractivity contribution is 7.87. The van der Waals surface area contributed by atoms with Gasteiger partial charge in [0.25, 0.3) is 11.6 Å². The lowest BCUT2D eigenvalue weighted by Crippen LogP contribution is -2.13. The Bertz CT molecular complexity index is 1180. The van der Waals surface area contributed by atoms with Crippen LogP contribution in [0.5, 0.6) is 5.75 Å². The monoisotopic (exact) mass is 413 g/mol. The molecule has 1 amide bonds. The van der Waals surface area contributed by atoms with Crippen molar-refractivity contribution < 1.29 is 22.3 Å². The Morgan fingerprint density at radius 2 is 1.83 bits per heavy atom.